The van der Waals surface area contributed by atoms with Gasteiger partial charge in [0.15, 0.2) is 5.58 Å². The largest absolute Gasteiger partial charge is 0.488 e. The van der Waals surface area contributed by atoms with Crippen molar-refractivity contribution in [1.82, 2.24) is 9.97 Å². The fraction of sp³-hybridized carbons (Fsp3) is 0.294. The van der Waals surface area contributed by atoms with Gasteiger partial charge in [-0.05, 0) is 32.0 Å². The number of hydrogen-bond acceptors (Lipinski definition) is 4. The number of rotatable bonds is 0. The number of pyridine rings is 2. The van der Waals surface area contributed by atoms with E-state index in [4.69, 9.17) is 9.15 Å². The van der Waals surface area contributed by atoms with Crippen LogP contribution in [0.5, 0.6) is 5.75 Å². The number of ether oxygens (including phenoxy) is 1. The van der Waals surface area contributed by atoms with Gasteiger partial charge in [0.1, 0.15) is 17.6 Å². The van der Waals surface area contributed by atoms with Crippen molar-refractivity contribution in [2.24, 2.45) is 0 Å². The van der Waals surface area contributed by atoms with E-state index < -0.39 is 0 Å². The molecule has 4 nitrogen and oxygen atoms in total. The zero-order valence-electron chi connectivity index (χ0n) is 11.5. The highest BCUT2D eigenvalue weighted by Gasteiger charge is 2.17. The van der Waals surface area contributed by atoms with E-state index in [0.29, 0.717) is 6.10 Å². The average Bonchev–Trinajstić information content (AvgIpc) is 2.99. The van der Waals surface area contributed by atoms with Crippen molar-refractivity contribution in [3.05, 3.63) is 54.3 Å². The number of aryl methyl sites for hydroxylation is 1. The Morgan fingerprint density at radius 3 is 2.67 bits per heavy atom. The third kappa shape index (κ3) is 3.40. The van der Waals surface area contributed by atoms with Gasteiger partial charge < -0.3 is 9.15 Å². The van der Waals surface area contributed by atoms with Crippen molar-refractivity contribution in [1.29, 1.82) is 0 Å². The Labute approximate surface area is 124 Å². The van der Waals surface area contributed by atoms with E-state index in [2.05, 4.69) is 16.9 Å². The van der Waals surface area contributed by atoms with Crippen molar-refractivity contribution in [3.8, 4) is 5.75 Å². The lowest BCUT2D eigenvalue weighted by molar-refractivity contribution is 0.254. The molecule has 21 heavy (non-hydrogen) atoms. The summed E-state index contributed by atoms with van der Waals surface area (Å²) in [6.07, 6.45) is 8.43. The summed E-state index contributed by atoms with van der Waals surface area (Å²) in [7, 11) is 0. The third-order valence-electron chi connectivity index (χ3n) is 3.15. The molecule has 0 fully saturated rings. The predicted molar refractivity (Wildman–Crippen MR) is 83.5 cm³/mol. The van der Waals surface area contributed by atoms with Gasteiger partial charge in [-0.2, -0.15) is 0 Å². The summed E-state index contributed by atoms with van der Waals surface area (Å²) in [6.45, 7) is 4.00. The smallest absolute Gasteiger partial charge is 0.152 e. The van der Waals surface area contributed by atoms with Gasteiger partial charge >= 0.3 is 0 Å². The van der Waals surface area contributed by atoms with E-state index in [9.17, 15) is 0 Å². The molecule has 1 aliphatic rings. The third-order valence-corrected chi connectivity index (χ3v) is 3.15. The number of nitrogens with zero attached hydrogens (tertiary/aromatic N) is 2. The lowest BCUT2D eigenvalue weighted by Crippen LogP contribution is -2.05. The number of furan rings is 1. The van der Waals surface area contributed by atoms with Gasteiger partial charge in [0, 0.05) is 29.8 Å². The molecule has 0 bridgehead atoms. The molecule has 3 aromatic heterocycles. The maximum Gasteiger partial charge on any atom is 0.152 e. The maximum absolute atomic E-state index is 5.44. The summed E-state index contributed by atoms with van der Waals surface area (Å²) in [5, 5.41) is 1.12. The van der Waals surface area contributed by atoms with Crippen molar-refractivity contribution in [2.75, 3.05) is 0 Å². The zero-order chi connectivity index (χ0) is 13.9. The van der Waals surface area contributed by atoms with Gasteiger partial charge in [0.25, 0.3) is 0 Å². The van der Waals surface area contributed by atoms with Gasteiger partial charge in [-0.15, -0.1) is 0 Å². The first kappa shape index (κ1) is 15.0. The Bertz CT molecular complexity index is 663. The molecule has 0 saturated heterocycles. The molecule has 1 unspecified atom stereocenters. The molecule has 1 aliphatic heterocycles. The molecular formula is C17H20N2O2. The molecule has 3 aromatic rings. The van der Waals surface area contributed by atoms with Gasteiger partial charge in [-0.3, -0.25) is 9.97 Å². The summed E-state index contributed by atoms with van der Waals surface area (Å²) < 4.78 is 10.7. The minimum Gasteiger partial charge on any atom is -0.488 e. The molecule has 0 radical (unpaired) electrons. The Hall–Kier alpha value is -2.36. The van der Waals surface area contributed by atoms with Crippen molar-refractivity contribution >= 4 is 11.0 Å². The molecule has 0 saturated carbocycles. The van der Waals surface area contributed by atoms with E-state index in [1.54, 1.807) is 24.8 Å². The van der Waals surface area contributed by atoms with Crippen LogP contribution < -0.4 is 4.74 Å². The van der Waals surface area contributed by atoms with Gasteiger partial charge in [-0.25, -0.2) is 0 Å². The fourth-order valence-electron chi connectivity index (χ4n) is 2.27. The Morgan fingerprint density at radius 1 is 1.14 bits per heavy atom. The van der Waals surface area contributed by atoms with Gasteiger partial charge in [0.05, 0.1) is 12.4 Å². The molecule has 0 aliphatic carbocycles. The Morgan fingerprint density at radius 2 is 1.90 bits per heavy atom. The fourth-order valence-corrected chi connectivity index (χ4v) is 2.27. The second-order valence-electron chi connectivity index (χ2n) is 4.89. The van der Waals surface area contributed by atoms with E-state index in [1.807, 2.05) is 25.1 Å². The van der Waals surface area contributed by atoms with E-state index >= 15 is 0 Å². The van der Waals surface area contributed by atoms with Crippen LogP contribution in [0.1, 0.15) is 25.7 Å². The second-order valence-corrected chi connectivity index (χ2v) is 4.89. The van der Waals surface area contributed by atoms with Crippen molar-refractivity contribution < 1.29 is 9.15 Å². The van der Waals surface area contributed by atoms with Gasteiger partial charge in [-0.1, -0.05) is 7.43 Å². The Kier molecular flexibility index (Phi) is 4.58. The molecule has 110 valence electrons. The first-order chi connectivity index (χ1) is 9.72. The van der Waals surface area contributed by atoms with Gasteiger partial charge in [0.2, 0.25) is 0 Å². The van der Waals surface area contributed by atoms with Crippen LogP contribution in [-0.2, 0) is 6.42 Å². The minimum absolute atomic E-state index is 0. The van der Waals surface area contributed by atoms with Crippen LogP contribution in [0.2, 0.25) is 0 Å². The van der Waals surface area contributed by atoms with E-state index in [-0.39, 0.29) is 7.43 Å². The second kappa shape index (κ2) is 6.39. The van der Waals surface area contributed by atoms with Crippen LogP contribution in [0.15, 0.2) is 47.4 Å². The topological polar surface area (TPSA) is 48.2 Å². The van der Waals surface area contributed by atoms with Crippen LogP contribution in [0.4, 0.5) is 0 Å². The first-order valence-electron chi connectivity index (χ1n) is 6.62. The number of aromatic nitrogens is 2. The first-order valence-corrected chi connectivity index (χ1v) is 6.62. The van der Waals surface area contributed by atoms with Crippen molar-refractivity contribution in [3.63, 3.8) is 0 Å². The standard InChI is InChI=1S/C8H9NO.C8H7NO.CH4/c2*1-6-4-7-2-3-9-5-8(7)10-6;/h2-3,5-6H,4H2,1H3;2-5H,1H3;1H4. The number of hydrogen-bond donors (Lipinski definition) is 0. The van der Waals surface area contributed by atoms with Crippen LogP contribution in [0, 0.1) is 6.92 Å². The number of fused-ring (bicyclic) bond motifs is 2. The molecule has 0 spiro atoms. The summed E-state index contributed by atoms with van der Waals surface area (Å²) >= 11 is 0. The minimum atomic E-state index is 0. The molecule has 4 heteroatoms. The van der Waals surface area contributed by atoms with E-state index in [0.717, 1.165) is 28.9 Å². The average molecular weight is 284 g/mol. The molecule has 4 rings (SSSR count). The summed E-state index contributed by atoms with van der Waals surface area (Å²) in [5.74, 6) is 1.89. The lowest BCUT2D eigenvalue weighted by atomic mass is 10.2. The van der Waals surface area contributed by atoms with Crippen LogP contribution in [-0.4, -0.2) is 16.1 Å². The van der Waals surface area contributed by atoms with E-state index in [1.165, 1.54) is 5.56 Å². The predicted octanol–water partition coefficient (Wildman–Crippen LogP) is 4.18. The molecule has 0 N–H and O–H groups in total. The quantitative estimate of drug-likeness (QED) is 0.621. The molecule has 0 amide bonds. The molecular weight excluding hydrogens is 264 g/mol. The van der Waals surface area contributed by atoms with Crippen LogP contribution in [0.25, 0.3) is 11.0 Å². The summed E-state index contributed by atoms with van der Waals surface area (Å²) in [4.78, 5) is 7.90. The van der Waals surface area contributed by atoms with Crippen molar-refractivity contribution in [2.45, 2.75) is 33.8 Å². The summed E-state index contributed by atoms with van der Waals surface area (Å²) in [5.41, 5.74) is 2.14. The zero-order valence-corrected chi connectivity index (χ0v) is 11.5. The highest BCUT2D eigenvalue weighted by atomic mass is 16.5. The van der Waals surface area contributed by atoms with Crippen LogP contribution >= 0.6 is 0 Å². The molecule has 1 atom stereocenters. The SMILES string of the molecule is C.CC1Cc2ccncc2O1.Cc1cc2ccncc2o1. The molecule has 0 aromatic carbocycles. The molecule has 4 heterocycles. The maximum atomic E-state index is 5.44. The lowest BCUT2D eigenvalue weighted by Gasteiger charge is -2.00. The highest BCUT2D eigenvalue weighted by Crippen LogP contribution is 2.26. The Balaban J connectivity index is 0.000000147. The highest BCUT2D eigenvalue weighted by molar-refractivity contribution is 5.76. The normalized spacial score (nSPS) is 15.4. The van der Waals surface area contributed by atoms with Crippen LogP contribution in [0.3, 0.4) is 0 Å². The monoisotopic (exact) mass is 284 g/mol. The summed E-state index contributed by atoms with van der Waals surface area (Å²) in [6, 6.07) is 5.95.